The maximum Gasteiger partial charge on any atom is 0.340 e. The minimum Gasteiger partial charge on any atom is -0.462 e. The van der Waals surface area contributed by atoms with E-state index in [1.807, 2.05) is 13.8 Å². The van der Waals surface area contributed by atoms with E-state index < -0.39 is 17.2 Å². The zero-order chi connectivity index (χ0) is 14.5. The second kappa shape index (κ2) is 6.19. The molecule has 5 heteroatoms. The van der Waals surface area contributed by atoms with Crippen LogP contribution in [-0.4, -0.2) is 12.6 Å². The summed E-state index contributed by atoms with van der Waals surface area (Å²) in [5.41, 5.74) is 5.35. The standard InChI is InChI=1S/C14H17FN2O2/c1-14(2,9-16)6-3-7-19-13(18)11-8-10(15)4-5-12(11)17/h4-5,8H,3,6-7,17H2,1-2H3. The number of nitriles is 1. The lowest BCUT2D eigenvalue weighted by atomic mass is 9.90. The molecule has 0 unspecified atom stereocenters. The molecule has 0 aliphatic carbocycles. The fraction of sp³-hybridized carbons (Fsp3) is 0.429. The molecule has 0 spiro atoms. The zero-order valence-electron chi connectivity index (χ0n) is 11.1. The Kier molecular flexibility index (Phi) is 4.87. The van der Waals surface area contributed by atoms with Crippen LogP contribution in [0.3, 0.4) is 0 Å². The Balaban J connectivity index is 2.49. The Labute approximate surface area is 112 Å². The number of halogens is 1. The molecule has 0 saturated heterocycles. The molecule has 0 amide bonds. The fourth-order valence-corrected chi connectivity index (χ4v) is 1.52. The second-order valence-electron chi connectivity index (χ2n) is 4.97. The second-order valence-corrected chi connectivity index (χ2v) is 4.97. The highest BCUT2D eigenvalue weighted by Gasteiger charge is 2.17. The van der Waals surface area contributed by atoms with Gasteiger partial charge >= 0.3 is 5.97 Å². The van der Waals surface area contributed by atoms with E-state index in [1.165, 1.54) is 12.1 Å². The molecular weight excluding hydrogens is 247 g/mol. The van der Waals surface area contributed by atoms with Crippen LogP contribution in [0.2, 0.25) is 0 Å². The van der Waals surface area contributed by atoms with Crippen molar-refractivity contribution >= 4 is 11.7 Å². The number of hydrogen-bond acceptors (Lipinski definition) is 4. The van der Waals surface area contributed by atoms with E-state index in [1.54, 1.807) is 0 Å². The van der Waals surface area contributed by atoms with Gasteiger partial charge in [0.05, 0.1) is 23.7 Å². The van der Waals surface area contributed by atoms with E-state index in [4.69, 9.17) is 15.7 Å². The van der Waals surface area contributed by atoms with Gasteiger partial charge in [-0.05, 0) is 44.9 Å². The van der Waals surface area contributed by atoms with Gasteiger partial charge in [0.25, 0.3) is 0 Å². The molecule has 0 aliphatic rings. The Bertz CT molecular complexity index is 507. The smallest absolute Gasteiger partial charge is 0.340 e. The number of rotatable bonds is 5. The summed E-state index contributed by atoms with van der Waals surface area (Å²) in [7, 11) is 0. The molecule has 0 fully saturated rings. The number of hydrogen-bond donors (Lipinski definition) is 1. The molecule has 0 heterocycles. The predicted molar refractivity (Wildman–Crippen MR) is 69.7 cm³/mol. The summed E-state index contributed by atoms with van der Waals surface area (Å²) in [4.78, 5) is 11.7. The molecule has 1 aromatic rings. The first-order chi connectivity index (χ1) is 8.85. The van der Waals surface area contributed by atoms with Gasteiger partial charge in [-0.15, -0.1) is 0 Å². The average molecular weight is 264 g/mol. The van der Waals surface area contributed by atoms with Crippen molar-refractivity contribution in [3.63, 3.8) is 0 Å². The van der Waals surface area contributed by atoms with Crippen LogP contribution in [0.1, 0.15) is 37.0 Å². The molecule has 0 bridgehead atoms. The van der Waals surface area contributed by atoms with E-state index in [0.717, 1.165) is 6.07 Å². The summed E-state index contributed by atoms with van der Waals surface area (Å²) in [6.07, 6.45) is 1.19. The highest BCUT2D eigenvalue weighted by molar-refractivity contribution is 5.95. The van der Waals surface area contributed by atoms with E-state index in [2.05, 4.69) is 6.07 Å². The molecule has 0 aliphatic heterocycles. The van der Waals surface area contributed by atoms with E-state index >= 15 is 0 Å². The highest BCUT2D eigenvalue weighted by Crippen LogP contribution is 2.21. The molecule has 2 N–H and O–H groups in total. The number of esters is 1. The minimum absolute atomic E-state index is 0.0274. The summed E-state index contributed by atoms with van der Waals surface area (Å²) >= 11 is 0. The van der Waals surface area contributed by atoms with Gasteiger partial charge in [-0.25, -0.2) is 9.18 Å². The molecule has 1 aromatic carbocycles. The first kappa shape index (κ1) is 15.0. The van der Waals surface area contributed by atoms with Crippen LogP contribution in [0.25, 0.3) is 0 Å². The molecule has 0 aromatic heterocycles. The maximum atomic E-state index is 13.0. The van der Waals surface area contributed by atoms with Gasteiger partial charge in [-0.3, -0.25) is 0 Å². The summed E-state index contributed by atoms with van der Waals surface area (Å²) in [6.45, 7) is 3.82. The lowest BCUT2D eigenvalue weighted by Crippen LogP contribution is -2.13. The van der Waals surface area contributed by atoms with Crippen LogP contribution in [0.15, 0.2) is 18.2 Å². The molecule has 0 atom stereocenters. The molecule has 1 rings (SSSR count). The number of nitrogens with zero attached hydrogens (tertiary/aromatic N) is 1. The zero-order valence-corrected chi connectivity index (χ0v) is 11.1. The third-order valence-corrected chi connectivity index (χ3v) is 2.72. The number of carbonyl (C=O) groups is 1. The number of ether oxygens (including phenoxy) is 1. The Morgan fingerprint density at radius 1 is 1.53 bits per heavy atom. The number of benzene rings is 1. The van der Waals surface area contributed by atoms with Crippen LogP contribution < -0.4 is 5.73 Å². The SMILES string of the molecule is CC(C)(C#N)CCCOC(=O)c1cc(F)ccc1N. The van der Waals surface area contributed by atoms with Crippen LogP contribution in [-0.2, 0) is 4.74 Å². The van der Waals surface area contributed by atoms with Crippen molar-refractivity contribution in [2.45, 2.75) is 26.7 Å². The fourth-order valence-electron chi connectivity index (χ4n) is 1.52. The molecule has 0 saturated carbocycles. The predicted octanol–water partition coefficient (Wildman–Crippen LogP) is 2.89. The molecular formula is C14H17FN2O2. The summed E-state index contributed by atoms with van der Waals surface area (Å²) in [5.74, 6) is -1.18. The van der Waals surface area contributed by atoms with Gasteiger partial charge in [0.1, 0.15) is 5.82 Å². The Hall–Kier alpha value is -2.09. The van der Waals surface area contributed by atoms with E-state index in [-0.39, 0.29) is 17.9 Å². The Morgan fingerprint density at radius 3 is 2.84 bits per heavy atom. The third-order valence-electron chi connectivity index (χ3n) is 2.72. The van der Waals surface area contributed by atoms with E-state index in [0.29, 0.717) is 12.8 Å². The lowest BCUT2D eigenvalue weighted by Gasteiger charge is -2.14. The minimum atomic E-state index is -0.647. The van der Waals surface area contributed by atoms with Gasteiger partial charge in [0.2, 0.25) is 0 Å². The topological polar surface area (TPSA) is 76.1 Å². The van der Waals surface area contributed by atoms with Crippen molar-refractivity contribution in [2.75, 3.05) is 12.3 Å². The summed E-state index contributed by atoms with van der Waals surface area (Å²) in [5, 5.41) is 8.83. The van der Waals surface area contributed by atoms with Crippen molar-refractivity contribution in [2.24, 2.45) is 5.41 Å². The van der Waals surface area contributed by atoms with Crippen molar-refractivity contribution in [3.8, 4) is 6.07 Å². The van der Waals surface area contributed by atoms with Crippen LogP contribution >= 0.6 is 0 Å². The number of nitrogens with two attached hydrogens (primary N) is 1. The molecule has 19 heavy (non-hydrogen) atoms. The summed E-state index contributed by atoms with van der Waals surface area (Å²) < 4.78 is 18.0. The van der Waals surface area contributed by atoms with Gasteiger partial charge in [0.15, 0.2) is 0 Å². The van der Waals surface area contributed by atoms with Crippen molar-refractivity contribution < 1.29 is 13.9 Å². The highest BCUT2D eigenvalue weighted by atomic mass is 19.1. The van der Waals surface area contributed by atoms with Crippen LogP contribution in [0.5, 0.6) is 0 Å². The van der Waals surface area contributed by atoms with Crippen molar-refractivity contribution in [1.82, 2.24) is 0 Å². The van der Waals surface area contributed by atoms with E-state index in [9.17, 15) is 9.18 Å². The molecule has 0 radical (unpaired) electrons. The van der Waals surface area contributed by atoms with Crippen LogP contribution in [0, 0.1) is 22.6 Å². The van der Waals surface area contributed by atoms with Crippen molar-refractivity contribution in [1.29, 1.82) is 5.26 Å². The summed E-state index contributed by atoms with van der Waals surface area (Å²) in [6, 6.07) is 5.73. The number of nitrogen functional groups attached to an aromatic ring is 1. The van der Waals surface area contributed by atoms with Gasteiger partial charge in [0, 0.05) is 5.69 Å². The van der Waals surface area contributed by atoms with Gasteiger partial charge in [-0.1, -0.05) is 0 Å². The maximum absolute atomic E-state index is 13.0. The molecule has 102 valence electrons. The quantitative estimate of drug-likeness (QED) is 0.504. The van der Waals surface area contributed by atoms with Gasteiger partial charge < -0.3 is 10.5 Å². The first-order valence-corrected chi connectivity index (χ1v) is 5.99. The first-order valence-electron chi connectivity index (χ1n) is 5.99. The monoisotopic (exact) mass is 264 g/mol. The van der Waals surface area contributed by atoms with Crippen molar-refractivity contribution in [3.05, 3.63) is 29.6 Å². The largest absolute Gasteiger partial charge is 0.462 e. The number of anilines is 1. The lowest BCUT2D eigenvalue weighted by molar-refractivity contribution is 0.0491. The average Bonchev–Trinajstić information content (AvgIpc) is 2.37. The third kappa shape index (κ3) is 4.59. The Morgan fingerprint density at radius 2 is 2.21 bits per heavy atom. The number of carbonyl (C=O) groups excluding carboxylic acids is 1. The molecule has 4 nitrogen and oxygen atoms in total. The normalized spacial score (nSPS) is 10.8. The van der Waals surface area contributed by atoms with Gasteiger partial charge in [-0.2, -0.15) is 5.26 Å². The van der Waals surface area contributed by atoms with Crippen LogP contribution in [0.4, 0.5) is 10.1 Å².